The second-order valence-corrected chi connectivity index (χ2v) is 11.9. The number of benzene rings is 4. The maximum Gasteiger partial charge on any atom is 0 e. The van der Waals surface area contributed by atoms with Gasteiger partial charge in [0, 0.05) is 37.1 Å². The fourth-order valence-corrected chi connectivity index (χ4v) is 6.67. The summed E-state index contributed by atoms with van der Waals surface area (Å²) in [6, 6.07) is 26.4. The standard InChI is InChI=1S/2C16H19P.2V/c2*1-11-7-5-9-15(13(11)3)17-16-10-6-8-12(2)14(16)4;;/h2*5-10,17H,1-4H3;;. The topological polar surface area (TPSA) is 0 Å². The Hall–Kier alpha value is -1.09. The van der Waals surface area contributed by atoms with Crippen molar-refractivity contribution in [2.45, 2.75) is 55.4 Å². The van der Waals surface area contributed by atoms with Crippen molar-refractivity contribution in [1.29, 1.82) is 0 Å². The summed E-state index contributed by atoms with van der Waals surface area (Å²) >= 11 is 0. The van der Waals surface area contributed by atoms with Crippen LogP contribution >= 0.6 is 17.2 Å². The first kappa shape index (κ1) is 32.9. The second kappa shape index (κ2) is 15.4. The molecule has 0 aliphatic rings. The smallest absolute Gasteiger partial charge is 0 e. The Balaban J connectivity index is 0.000000341. The van der Waals surface area contributed by atoms with Gasteiger partial charge in [-0.1, -0.05) is 90.0 Å². The van der Waals surface area contributed by atoms with Crippen LogP contribution in [0.5, 0.6) is 0 Å². The molecule has 2 radical (unpaired) electrons. The van der Waals surface area contributed by atoms with E-state index >= 15 is 0 Å². The number of hydrogen-bond donors (Lipinski definition) is 0. The Morgan fingerprint density at radius 1 is 0.333 bits per heavy atom. The zero-order valence-electron chi connectivity index (χ0n) is 22.8. The van der Waals surface area contributed by atoms with E-state index < -0.39 is 0 Å². The van der Waals surface area contributed by atoms with Crippen molar-refractivity contribution in [3.05, 3.63) is 117 Å². The van der Waals surface area contributed by atoms with Crippen LogP contribution in [0.4, 0.5) is 0 Å². The fraction of sp³-hybridized carbons (Fsp3) is 0.250. The Labute approximate surface area is 246 Å². The fourth-order valence-electron chi connectivity index (χ4n) is 3.84. The monoisotopic (exact) mass is 586 g/mol. The van der Waals surface area contributed by atoms with E-state index in [0.29, 0.717) is 0 Å². The SMILES string of the molecule is Cc1cccc(Pc2cccc(C)c2C)c1C.Cc1cccc(Pc2cccc(C)c2C)c1C.[V].[V]. The molecule has 0 atom stereocenters. The van der Waals surface area contributed by atoms with Crippen molar-refractivity contribution in [2.24, 2.45) is 0 Å². The van der Waals surface area contributed by atoms with E-state index in [-0.39, 0.29) is 37.1 Å². The summed E-state index contributed by atoms with van der Waals surface area (Å²) in [6.07, 6.45) is 0. The van der Waals surface area contributed by atoms with Gasteiger partial charge in [0.05, 0.1) is 0 Å². The molecule has 0 aliphatic heterocycles. The molecule has 0 bridgehead atoms. The van der Waals surface area contributed by atoms with Gasteiger partial charge in [0.25, 0.3) is 0 Å². The Morgan fingerprint density at radius 2 is 0.528 bits per heavy atom. The molecule has 0 amide bonds. The third-order valence-electron chi connectivity index (χ3n) is 6.96. The van der Waals surface area contributed by atoms with Crippen molar-refractivity contribution >= 4 is 38.4 Å². The normalized spacial score (nSPS) is 10.0. The Morgan fingerprint density at radius 3 is 0.722 bits per heavy atom. The van der Waals surface area contributed by atoms with E-state index in [1.165, 1.54) is 65.7 Å². The maximum atomic E-state index is 2.25. The quantitative estimate of drug-likeness (QED) is 0.224. The first-order valence-electron chi connectivity index (χ1n) is 12.0. The van der Waals surface area contributed by atoms with Gasteiger partial charge < -0.3 is 0 Å². The average molecular weight is 586 g/mol. The summed E-state index contributed by atoms with van der Waals surface area (Å²) in [5, 5.41) is 5.88. The van der Waals surface area contributed by atoms with Crippen molar-refractivity contribution in [3.63, 3.8) is 0 Å². The van der Waals surface area contributed by atoms with Crippen molar-refractivity contribution in [1.82, 2.24) is 0 Å². The van der Waals surface area contributed by atoms with Gasteiger partial charge >= 0.3 is 0 Å². The largest absolute Gasteiger partial charge is 0.0613 e. The second-order valence-electron chi connectivity index (χ2n) is 9.24. The van der Waals surface area contributed by atoms with Crippen LogP contribution < -0.4 is 21.2 Å². The summed E-state index contributed by atoms with van der Waals surface area (Å²) in [7, 11) is 1.53. The molecular weight excluding hydrogens is 548 g/mol. The molecule has 0 N–H and O–H groups in total. The molecule has 4 heteroatoms. The zero-order valence-corrected chi connectivity index (χ0v) is 27.6. The Bertz CT molecular complexity index is 1100. The molecule has 186 valence electrons. The van der Waals surface area contributed by atoms with Gasteiger partial charge in [-0.3, -0.25) is 0 Å². The predicted octanol–water partition coefficient (Wildman–Crippen LogP) is 7.09. The van der Waals surface area contributed by atoms with Crippen LogP contribution in [-0.2, 0) is 37.1 Å². The van der Waals surface area contributed by atoms with Gasteiger partial charge in [-0.05, 0) is 121 Å². The molecule has 0 nitrogen and oxygen atoms in total. The maximum absolute atomic E-state index is 2.25. The van der Waals surface area contributed by atoms with Gasteiger partial charge in [-0.15, -0.1) is 0 Å². The minimum Gasteiger partial charge on any atom is -0.0613 e. The van der Waals surface area contributed by atoms with Crippen LogP contribution in [0, 0.1) is 55.4 Å². The molecule has 4 aromatic carbocycles. The third kappa shape index (κ3) is 8.47. The van der Waals surface area contributed by atoms with Gasteiger partial charge in [-0.2, -0.15) is 0 Å². The molecule has 0 heterocycles. The number of rotatable bonds is 4. The van der Waals surface area contributed by atoms with Crippen LogP contribution in [0.2, 0.25) is 0 Å². The summed E-state index contributed by atoms with van der Waals surface area (Å²) < 4.78 is 0. The zero-order chi connectivity index (χ0) is 24.8. The van der Waals surface area contributed by atoms with Gasteiger partial charge in [0.1, 0.15) is 0 Å². The summed E-state index contributed by atoms with van der Waals surface area (Å²) in [5.41, 5.74) is 11.3. The first-order valence-corrected chi connectivity index (χ1v) is 14.0. The van der Waals surface area contributed by atoms with Crippen LogP contribution in [0.3, 0.4) is 0 Å². The van der Waals surface area contributed by atoms with Crippen LogP contribution in [-0.4, -0.2) is 0 Å². The molecule has 4 aromatic rings. The molecule has 0 spiro atoms. The summed E-state index contributed by atoms with van der Waals surface area (Å²) in [4.78, 5) is 0. The molecule has 0 saturated carbocycles. The summed E-state index contributed by atoms with van der Waals surface area (Å²) in [5.74, 6) is 0. The third-order valence-corrected chi connectivity index (χ3v) is 10.2. The van der Waals surface area contributed by atoms with E-state index in [9.17, 15) is 0 Å². The summed E-state index contributed by atoms with van der Waals surface area (Å²) in [6.45, 7) is 17.6. The van der Waals surface area contributed by atoms with E-state index in [2.05, 4.69) is 128 Å². The van der Waals surface area contributed by atoms with E-state index in [0.717, 1.165) is 17.2 Å². The van der Waals surface area contributed by atoms with E-state index in [1.54, 1.807) is 0 Å². The van der Waals surface area contributed by atoms with Crippen molar-refractivity contribution < 1.29 is 37.1 Å². The number of aryl methyl sites for hydroxylation is 4. The molecule has 0 aromatic heterocycles. The minimum atomic E-state index is 0. The van der Waals surface area contributed by atoms with E-state index in [1.807, 2.05) is 0 Å². The van der Waals surface area contributed by atoms with Gasteiger partial charge in [0.15, 0.2) is 0 Å². The molecule has 0 saturated heterocycles. The molecule has 36 heavy (non-hydrogen) atoms. The molecule has 0 aliphatic carbocycles. The molecule has 0 fully saturated rings. The van der Waals surface area contributed by atoms with E-state index in [4.69, 9.17) is 0 Å². The van der Waals surface area contributed by atoms with Crippen molar-refractivity contribution in [2.75, 3.05) is 0 Å². The van der Waals surface area contributed by atoms with Crippen LogP contribution in [0.15, 0.2) is 72.8 Å². The molecule has 0 unspecified atom stereocenters. The first-order chi connectivity index (χ1) is 16.2. The van der Waals surface area contributed by atoms with Crippen molar-refractivity contribution in [3.8, 4) is 0 Å². The Kier molecular flexibility index (Phi) is 14.0. The predicted molar refractivity (Wildman–Crippen MR) is 159 cm³/mol. The van der Waals surface area contributed by atoms with Crippen LogP contribution in [0.25, 0.3) is 0 Å². The molecule has 4 rings (SSSR count). The average Bonchev–Trinajstić information content (AvgIpc) is 2.81. The van der Waals surface area contributed by atoms with Crippen LogP contribution in [0.1, 0.15) is 44.5 Å². The number of hydrogen-bond acceptors (Lipinski definition) is 0. The van der Waals surface area contributed by atoms with Gasteiger partial charge in [0.2, 0.25) is 0 Å². The minimum absolute atomic E-state index is 0. The van der Waals surface area contributed by atoms with Gasteiger partial charge in [-0.25, -0.2) is 0 Å². The molecular formula is C32H38P2V2.